The zero-order chi connectivity index (χ0) is 21.5. The number of nitrogens with zero attached hydrogens (tertiary/aromatic N) is 2. The smallest absolute Gasteiger partial charge is 0.274 e. The summed E-state index contributed by atoms with van der Waals surface area (Å²) >= 11 is 1.40. The molecule has 154 valence electrons. The normalized spacial score (nSPS) is 12.2. The van der Waals surface area contributed by atoms with Crippen LogP contribution in [0.3, 0.4) is 0 Å². The summed E-state index contributed by atoms with van der Waals surface area (Å²) in [5, 5.41) is 2.40. The van der Waals surface area contributed by atoms with Gasteiger partial charge in [0, 0.05) is 0 Å². The number of para-hydroxylation sites is 2. The molecule has 0 aliphatic rings. The summed E-state index contributed by atoms with van der Waals surface area (Å²) in [4.78, 5) is 18.3. The minimum absolute atomic E-state index is 0.0409. The predicted molar refractivity (Wildman–Crippen MR) is 130 cm³/mol. The molecule has 0 unspecified atom stereocenters. The molecular weight excluding hydrogens is 416 g/mol. The number of hydrogen-bond donors (Lipinski definition) is 0. The summed E-state index contributed by atoms with van der Waals surface area (Å²) in [6.45, 7) is 0.483. The van der Waals surface area contributed by atoms with Crippen molar-refractivity contribution in [1.29, 1.82) is 0 Å². The Labute approximate surface area is 187 Å². The second-order valence-electron chi connectivity index (χ2n) is 7.63. The van der Waals surface area contributed by atoms with E-state index in [2.05, 4.69) is 35.3 Å². The number of fused-ring (bicyclic) bond motifs is 4. The van der Waals surface area contributed by atoms with Crippen molar-refractivity contribution in [1.82, 2.24) is 9.38 Å². The lowest BCUT2D eigenvalue weighted by atomic mass is 10.1. The monoisotopic (exact) mass is 434 g/mol. The highest BCUT2D eigenvalue weighted by Gasteiger charge is 2.10. The van der Waals surface area contributed by atoms with Gasteiger partial charge < -0.3 is 4.74 Å². The van der Waals surface area contributed by atoms with Crippen LogP contribution in [0.1, 0.15) is 11.1 Å². The zero-order valence-electron chi connectivity index (χ0n) is 17.1. The molecular formula is C27H18N2O2S. The second kappa shape index (κ2) is 7.62. The molecule has 0 atom stereocenters. The fraction of sp³-hybridized carbons (Fsp3) is 0.0370. The fourth-order valence-corrected chi connectivity index (χ4v) is 5.02. The maximum Gasteiger partial charge on any atom is 0.274 e. The minimum Gasteiger partial charge on any atom is -0.489 e. The van der Waals surface area contributed by atoms with Crippen molar-refractivity contribution in [3.63, 3.8) is 0 Å². The maximum absolute atomic E-state index is 13.0. The molecule has 0 N–H and O–H groups in total. The van der Waals surface area contributed by atoms with Gasteiger partial charge in [0.2, 0.25) is 0 Å². The van der Waals surface area contributed by atoms with Crippen molar-refractivity contribution in [2.45, 2.75) is 6.61 Å². The molecule has 4 aromatic carbocycles. The summed E-state index contributed by atoms with van der Waals surface area (Å²) in [7, 11) is 0. The summed E-state index contributed by atoms with van der Waals surface area (Å²) in [6.07, 6.45) is 1.90. The van der Waals surface area contributed by atoms with E-state index in [1.807, 2.05) is 66.7 Å². The van der Waals surface area contributed by atoms with E-state index in [-0.39, 0.29) is 5.56 Å². The van der Waals surface area contributed by atoms with Crippen LogP contribution < -0.4 is 14.8 Å². The second-order valence-corrected chi connectivity index (χ2v) is 8.64. The zero-order valence-corrected chi connectivity index (χ0v) is 17.9. The highest BCUT2D eigenvalue weighted by molar-refractivity contribution is 7.15. The largest absolute Gasteiger partial charge is 0.489 e. The number of thiazole rings is 1. The van der Waals surface area contributed by atoms with Gasteiger partial charge in [-0.25, -0.2) is 9.38 Å². The van der Waals surface area contributed by atoms with Crippen LogP contribution in [0, 0.1) is 0 Å². The van der Waals surface area contributed by atoms with Crippen LogP contribution in [-0.4, -0.2) is 9.38 Å². The number of hydrogen-bond acceptors (Lipinski definition) is 4. The van der Waals surface area contributed by atoms with E-state index >= 15 is 0 Å². The van der Waals surface area contributed by atoms with E-state index in [1.165, 1.54) is 22.1 Å². The Balaban J connectivity index is 1.32. The molecule has 0 saturated carbocycles. The van der Waals surface area contributed by atoms with Crippen LogP contribution in [0.2, 0.25) is 0 Å². The average molecular weight is 435 g/mol. The molecule has 0 bridgehead atoms. The first-order valence-electron chi connectivity index (χ1n) is 10.4. The summed E-state index contributed by atoms with van der Waals surface area (Å²) in [5.74, 6) is 0.769. The van der Waals surface area contributed by atoms with E-state index in [0.717, 1.165) is 27.9 Å². The topological polar surface area (TPSA) is 43.6 Å². The van der Waals surface area contributed by atoms with E-state index < -0.39 is 0 Å². The molecule has 0 amide bonds. The van der Waals surface area contributed by atoms with E-state index in [0.29, 0.717) is 16.1 Å². The Morgan fingerprint density at radius 1 is 0.906 bits per heavy atom. The predicted octanol–water partition coefficient (Wildman–Crippen LogP) is 5.19. The molecule has 32 heavy (non-hydrogen) atoms. The minimum atomic E-state index is -0.0409. The van der Waals surface area contributed by atoms with Gasteiger partial charge in [-0.05, 0) is 52.2 Å². The average Bonchev–Trinajstić information content (AvgIpc) is 3.34. The number of aromatic nitrogens is 2. The van der Waals surface area contributed by atoms with Crippen LogP contribution >= 0.6 is 11.3 Å². The van der Waals surface area contributed by atoms with Gasteiger partial charge in [-0.2, -0.15) is 0 Å². The number of benzene rings is 4. The fourth-order valence-electron chi connectivity index (χ4n) is 4.04. The molecule has 2 heterocycles. The molecule has 5 heteroatoms. The SMILES string of the molecule is O=c1c(=Cc2cccc(OCc3cccc4ccccc34)c2)sc2nc3ccccc3n12. The van der Waals surface area contributed by atoms with Crippen molar-refractivity contribution in [3.05, 3.63) is 117 Å². The molecule has 0 spiro atoms. The summed E-state index contributed by atoms with van der Waals surface area (Å²) < 4.78 is 8.44. The van der Waals surface area contributed by atoms with Crippen LogP contribution in [-0.2, 0) is 6.61 Å². The Morgan fingerprint density at radius 2 is 1.72 bits per heavy atom. The van der Waals surface area contributed by atoms with E-state index in [4.69, 9.17) is 4.74 Å². The first kappa shape index (κ1) is 18.8. The van der Waals surface area contributed by atoms with Crippen LogP contribution in [0.15, 0.2) is 95.8 Å². The third kappa shape index (κ3) is 3.24. The molecule has 0 fully saturated rings. The van der Waals surface area contributed by atoms with Crippen molar-refractivity contribution < 1.29 is 4.74 Å². The standard InChI is InChI=1S/C27H18N2O2S/c30-26-25(32-27-28-23-13-3-4-14-24(23)29(26)27)16-18-7-5-11-21(15-18)31-17-20-10-6-9-19-8-1-2-12-22(19)20/h1-16H,17H2. The Hall–Kier alpha value is -3.96. The van der Waals surface area contributed by atoms with Crippen LogP contribution in [0.4, 0.5) is 0 Å². The van der Waals surface area contributed by atoms with E-state index in [9.17, 15) is 4.79 Å². The van der Waals surface area contributed by atoms with Gasteiger partial charge in [-0.1, -0.05) is 78.1 Å². The molecule has 4 nitrogen and oxygen atoms in total. The molecule has 0 aliphatic heterocycles. The van der Waals surface area contributed by atoms with Gasteiger partial charge in [0.15, 0.2) is 4.96 Å². The Bertz CT molecular complexity index is 1710. The number of rotatable bonds is 4. The van der Waals surface area contributed by atoms with Crippen LogP contribution in [0.5, 0.6) is 5.75 Å². The van der Waals surface area contributed by atoms with Gasteiger partial charge >= 0.3 is 0 Å². The van der Waals surface area contributed by atoms with Gasteiger partial charge in [0.05, 0.1) is 15.6 Å². The van der Waals surface area contributed by atoms with Gasteiger partial charge in [0.25, 0.3) is 5.56 Å². The number of imidazole rings is 1. The third-order valence-corrected chi connectivity index (χ3v) is 6.54. The Morgan fingerprint density at radius 3 is 2.69 bits per heavy atom. The van der Waals surface area contributed by atoms with Crippen LogP contribution in [0.25, 0.3) is 32.8 Å². The molecule has 6 rings (SSSR count). The third-order valence-electron chi connectivity index (χ3n) is 5.58. The lowest BCUT2D eigenvalue weighted by molar-refractivity contribution is 0.307. The summed E-state index contributed by atoms with van der Waals surface area (Å²) in [5.41, 5.74) is 3.71. The molecule has 0 aliphatic carbocycles. The molecule has 2 aromatic heterocycles. The van der Waals surface area contributed by atoms with Gasteiger partial charge in [-0.15, -0.1) is 0 Å². The van der Waals surface area contributed by atoms with Gasteiger partial charge in [0.1, 0.15) is 12.4 Å². The number of ether oxygens (including phenoxy) is 1. The van der Waals surface area contributed by atoms with Crippen molar-refractivity contribution in [2.24, 2.45) is 0 Å². The Kier molecular flexibility index (Phi) is 4.47. The highest BCUT2D eigenvalue weighted by atomic mass is 32.1. The maximum atomic E-state index is 13.0. The van der Waals surface area contributed by atoms with E-state index in [1.54, 1.807) is 4.40 Å². The van der Waals surface area contributed by atoms with Crippen molar-refractivity contribution >= 4 is 44.2 Å². The lowest BCUT2D eigenvalue weighted by Crippen LogP contribution is -2.22. The highest BCUT2D eigenvalue weighted by Crippen LogP contribution is 2.22. The molecule has 0 saturated heterocycles. The summed E-state index contributed by atoms with van der Waals surface area (Å²) in [6, 6.07) is 30.1. The van der Waals surface area contributed by atoms with Crippen molar-refractivity contribution in [3.8, 4) is 5.75 Å². The quantitative estimate of drug-likeness (QED) is 0.384. The van der Waals surface area contributed by atoms with Gasteiger partial charge in [-0.3, -0.25) is 4.79 Å². The lowest BCUT2D eigenvalue weighted by Gasteiger charge is -2.09. The van der Waals surface area contributed by atoms with Crippen molar-refractivity contribution in [2.75, 3.05) is 0 Å². The first-order valence-corrected chi connectivity index (χ1v) is 11.2. The molecule has 6 aromatic rings. The first-order chi connectivity index (χ1) is 15.8. The molecule has 0 radical (unpaired) electrons.